The van der Waals surface area contributed by atoms with Gasteiger partial charge >= 0.3 is 0 Å². The Bertz CT molecular complexity index is 512. The highest BCUT2D eigenvalue weighted by atomic mass is 15.0. The van der Waals surface area contributed by atoms with Gasteiger partial charge in [0.15, 0.2) is 0 Å². The summed E-state index contributed by atoms with van der Waals surface area (Å²) in [7, 11) is 2.13. The molecule has 0 unspecified atom stereocenters. The number of aryl methyl sites for hydroxylation is 1. The lowest BCUT2D eigenvalue weighted by molar-refractivity contribution is 0.506. The van der Waals surface area contributed by atoms with Crippen LogP contribution in [0.5, 0.6) is 0 Å². The van der Waals surface area contributed by atoms with Crippen molar-refractivity contribution in [1.82, 2.24) is 9.88 Å². The van der Waals surface area contributed by atoms with Gasteiger partial charge in [0, 0.05) is 30.2 Å². The van der Waals surface area contributed by atoms with E-state index in [2.05, 4.69) is 54.3 Å². The number of fused-ring (bicyclic) bond motifs is 1. The summed E-state index contributed by atoms with van der Waals surface area (Å²) in [4.78, 5) is 0. The highest BCUT2D eigenvalue weighted by Crippen LogP contribution is 2.34. The Labute approximate surface area is 96.3 Å². The molecule has 2 heteroatoms. The molecular formula is C14H18N2. The Hall–Kier alpha value is -1.28. The van der Waals surface area contributed by atoms with Crippen LogP contribution in [-0.2, 0) is 7.05 Å². The third-order valence-corrected chi connectivity index (χ3v) is 3.80. The minimum absolute atomic E-state index is 0.533. The molecule has 0 amide bonds. The molecule has 0 radical (unpaired) electrons. The van der Waals surface area contributed by atoms with Crippen LogP contribution in [0.2, 0.25) is 0 Å². The highest BCUT2D eigenvalue weighted by Gasteiger charge is 2.26. The van der Waals surface area contributed by atoms with Crippen LogP contribution >= 0.6 is 0 Å². The van der Waals surface area contributed by atoms with E-state index in [4.69, 9.17) is 0 Å². The SMILES string of the molecule is C[C@@H]1CCN[C@H]1c1cn(C)c2ccccc12. The van der Waals surface area contributed by atoms with E-state index in [0.29, 0.717) is 6.04 Å². The molecule has 0 spiro atoms. The first-order valence-corrected chi connectivity index (χ1v) is 6.04. The molecule has 0 aliphatic carbocycles. The van der Waals surface area contributed by atoms with Gasteiger partial charge in [0.2, 0.25) is 0 Å². The maximum Gasteiger partial charge on any atom is 0.0481 e. The monoisotopic (exact) mass is 214 g/mol. The second kappa shape index (κ2) is 3.63. The van der Waals surface area contributed by atoms with Gasteiger partial charge in [-0.15, -0.1) is 0 Å². The van der Waals surface area contributed by atoms with Gasteiger partial charge in [-0.25, -0.2) is 0 Å². The van der Waals surface area contributed by atoms with E-state index in [1.165, 1.54) is 22.9 Å². The summed E-state index contributed by atoms with van der Waals surface area (Å²) in [5.41, 5.74) is 2.79. The third kappa shape index (κ3) is 1.37. The van der Waals surface area contributed by atoms with Gasteiger partial charge in [-0.3, -0.25) is 0 Å². The molecule has 1 aliphatic heterocycles. The van der Waals surface area contributed by atoms with Crippen molar-refractivity contribution in [3.05, 3.63) is 36.0 Å². The molecule has 1 aromatic carbocycles. The number of aromatic nitrogens is 1. The van der Waals surface area contributed by atoms with E-state index < -0.39 is 0 Å². The van der Waals surface area contributed by atoms with Crippen molar-refractivity contribution in [2.45, 2.75) is 19.4 Å². The van der Waals surface area contributed by atoms with Crippen LogP contribution in [0.3, 0.4) is 0 Å². The van der Waals surface area contributed by atoms with Crippen molar-refractivity contribution in [3.8, 4) is 0 Å². The standard InChI is InChI=1S/C14H18N2/c1-10-7-8-15-14(10)12-9-16(2)13-6-4-3-5-11(12)13/h3-6,9-10,14-15H,7-8H2,1-2H3/t10-,14-/m1/s1. The molecule has 84 valence electrons. The largest absolute Gasteiger partial charge is 0.350 e. The average molecular weight is 214 g/mol. The molecule has 1 aromatic heterocycles. The van der Waals surface area contributed by atoms with Crippen molar-refractivity contribution >= 4 is 10.9 Å². The number of para-hydroxylation sites is 1. The Morgan fingerprint density at radius 1 is 1.31 bits per heavy atom. The van der Waals surface area contributed by atoms with Gasteiger partial charge in [0.1, 0.15) is 0 Å². The molecule has 16 heavy (non-hydrogen) atoms. The minimum atomic E-state index is 0.533. The van der Waals surface area contributed by atoms with Crippen molar-refractivity contribution < 1.29 is 0 Å². The molecule has 1 N–H and O–H groups in total. The second-order valence-corrected chi connectivity index (χ2v) is 4.91. The van der Waals surface area contributed by atoms with Crippen molar-refractivity contribution in [1.29, 1.82) is 0 Å². The molecule has 1 aliphatic rings. The summed E-state index contributed by atoms with van der Waals surface area (Å²) >= 11 is 0. The maximum atomic E-state index is 3.61. The quantitative estimate of drug-likeness (QED) is 0.772. The number of rotatable bonds is 1. The van der Waals surface area contributed by atoms with E-state index in [-0.39, 0.29) is 0 Å². The lowest BCUT2D eigenvalue weighted by Crippen LogP contribution is -2.16. The fourth-order valence-corrected chi connectivity index (χ4v) is 2.87. The summed E-state index contributed by atoms with van der Waals surface area (Å²) in [6.45, 7) is 3.49. The summed E-state index contributed by atoms with van der Waals surface area (Å²) in [5.74, 6) is 0.741. The smallest absolute Gasteiger partial charge is 0.0481 e. The van der Waals surface area contributed by atoms with Crippen LogP contribution in [0.25, 0.3) is 10.9 Å². The fourth-order valence-electron chi connectivity index (χ4n) is 2.87. The van der Waals surface area contributed by atoms with E-state index in [1.807, 2.05) is 0 Å². The van der Waals surface area contributed by atoms with Crippen LogP contribution in [0.15, 0.2) is 30.5 Å². The molecule has 2 nitrogen and oxygen atoms in total. The lowest BCUT2D eigenvalue weighted by Gasteiger charge is -2.14. The molecular weight excluding hydrogens is 196 g/mol. The Morgan fingerprint density at radius 3 is 2.88 bits per heavy atom. The maximum absolute atomic E-state index is 3.61. The topological polar surface area (TPSA) is 17.0 Å². The Morgan fingerprint density at radius 2 is 2.12 bits per heavy atom. The van der Waals surface area contributed by atoms with E-state index in [1.54, 1.807) is 0 Å². The Kier molecular flexibility index (Phi) is 2.25. The first-order chi connectivity index (χ1) is 7.77. The van der Waals surface area contributed by atoms with E-state index >= 15 is 0 Å². The number of nitrogens with one attached hydrogen (secondary N) is 1. The Balaban J connectivity index is 2.16. The highest BCUT2D eigenvalue weighted by molar-refractivity contribution is 5.84. The fraction of sp³-hybridized carbons (Fsp3) is 0.429. The second-order valence-electron chi connectivity index (χ2n) is 4.91. The summed E-state index contributed by atoms with van der Waals surface area (Å²) in [6.07, 6.45) is 3.57. The van der Waals surface area contributed by atoms with Gasteiger partial charge in [-0.1, -0.05) is 25.1 Å². The normalized spacial score (nSPS) is 25.4. The molecule has 1 fully saturated rings. The van der Waals surface area contributed by atoms with E-state index in [0.717, 1.165) is 12.5 Å². The molecule has 3 rings (SSSR count). The first kappa shape index (κ1) is 9.91. The molecule has 1 saturated heterocycles. The van der Waals surface area contributed by atoms with Gasteiger partial charge in [-0.05, 0) is 30.5 Å². The van der Waals surface area contributed by atoms with Gasteiger partial charge in [-0.2, -0.15) is 0 Å². The van der Waals surface area contributed by atoms with Crippen molar-refractivity contribution in [3.63, 3.8) is 0 Å². The average Bonchev–Trinajstić information content (AvgIpc) is 2.84. The van der Waals surface area contributed by atoms with Crippen LogP contribution in [0.4, 0.5) is 0 Å². The summed E-state index contributed by atoms with van der Waals surface area (Å²) < 4.78 is 2.23. The summed E-state index contributed by atoms with van der Waals surface area (Å²) in [6, 6.07) is 9.20. The van der Waals surface area contributed by atoms with Crippen LogP contribution in [0.1, 0.15) is 24.9 Å². The number of benzene rings is 1. The van der Waals surface area contributed by atoms with Crippen molar-refractivity contribution in [2.75, 3.05) is 6.54 Å². The van der Waals surface area contributed by atoms with Crippen LogP contribution < -0.4 is 5.32 Å². The number of nitrogens with zero attached hydrogens (tertiary/aromatic N) is 1. The molecule has 0 saturated carbocycles. The van der Waals surface area contributed by atoms with Crippen LogP contribution in [0, 0.1) is 5.92 Å². The molecule has 0 bridgehead atoms. The summed E-state index contributed by atoms with van der Waals surface area (Å²) in [5, 5.41) is 5.01. The third-order valence-electron chi connectivity index (χ3n) is 3.80. The molecule has 2 atom stereocenters. The lowest BCUT2D eigenvalue weighted by atomic mass is 9.96. The number of hydrogen-bond donors (Lipinski definition) is 1. The number of hydrogen-bond acceptors (Lipinski definition) is 1. The van der Waals surface area contributed by atoms with Crippen LogP contribution in [-0.4, -0.2) is 11.1 Å². The van der Waals surface area contributed by atoms with Crippen molar-refractivity contribution in [2.24, 2.45) is 13.0 Å². The van der Waals surface area contributed by atoms with Gasteiger partial charge in [0.25, 0.3) is 0 Å². The zero-order valence-electron chi connectivity index (χ0n) is 9.90. The zero-order valence-corrected chi connectivity index (χ0v) is 9.90. The zero-order chi connectivity index (χ0) is 11.1. The van der Waals surface area contributed by atoms with Gasteiger partial charge < -0.3 is 9.88 Å². The molecule has 2 aromatic rings. The molecule has 2 heterocycles. The predicted octanol–water partition coefficient (Wildman–Crippen LogP) is 2.85. The predicted molar refractivity (Wildman–Crippen MR) is 67.4 cm³/mol. The minimum Gasteiger partial charge on any atom is -0.350 e. The first-order valence-electron chi connectivity index (χ1n) is 6.04. The van der Waals surface area contributed by atoms with Gasteiger partial charge in [0.05, 0.1) is 0 Å². The van der Waals surface area contributed by atoms with E-state index in [9.17, 15) is 0 Å².